The number of anilines is 1. The molecule has 0 unspecified atom stereocenters. The fourth-order valence-corrected chi connectivity index (χ4v) is 4.48. The van der Waals surface area contributed by atoms with Gasteiger partial charge >= 0.3 is 11.8 Å². The molecule has 2 aromatic rings. The van der Waals surface area contributed by atoms with Gasteiger partial charge in [-0.2, -0.15) is 11.8 Å². The van der Waals surface area contributed by atoms with Crippen LogP contribution in [0.1, 0.15) is 26.2 Å². The molecular formula is C18H23N3O2S. The number of carbonyl (C=O) groups is 2. The molecular weight excluding hydrogens is 322 g/mol. The van der Waals surface area contributed by atoms with E-state index >= 15 is 0 Å². The first kappa shape index (κ1) is 16.9. The lowest BCUT2D eigenvalue weighted by Gasteiger charge is -2.24. The Morgan fingerprint density at radius 3 is 2.96 bits per heavy atom. The lowest BCUT2D eigenvalue weighted by molar-refractivity contribution is -0.143. The molecule has 24 heavy (non-hydrogen) atoms. The van der Waals surface area contributed by atoms with Gasteiger partial charge in [0.1, 0.15) is 0 Å². The minimum atomic E-state index is -0.571. The summed E-state index contributed by atoms with van der Waals surface area (Å²) in [6.45, 7) is 2.15. The van der Waals surface area contributed by atoms with E-state index in [1.165, 1.54) is 0 Å². The average Bonchev–Trinajstić information content (AvgIpc) is 3.23. The minimum absolute atomic E-state index is 0.162. The Morgan fingerprint density at radius 2 is 2.17 bits per heavy atom. The van der Waals surface area contributed by atoms with Crippen molar-refractivity contribution in [1.82, 2.24) is 9.88 Å². The van der Waals surface area contributed by atoms with Gasteiger partial charge in [0, 0.05) is 35.4 Å². The molecule has 1 aliphatic carbocycles. The number of nitrogens with zero attached hydrogens (tertiary/aromatic N) is 1. The first-order chi connectivity index (χ1) is 11.6. The molecule has 1 saturated carbocycles. The highest BCUT2D eigenvalue weighted by Gasteiger charge is 2.32. The summed E-state index contributed by atoms with van der Waals surface area (Å²) < 4.78 is 0. The summed E-state index contributed by atoms with van der Waals surface area (Å²) in [6.07, 6.45) is 4.88. The predicted molar refractivity (Wildman–Crippen MR) is 99.3 cm³/mol. The van der Waals surface area contributed by atoms with Gasteiger partial charge in [0.05, 0.1) is 5.69 Å². The van der Waals surface area contributed by atoms with E-state index in [-0.39, 0.29) is 6.04 Å². The molecule has 128 valence electrons. The first-order valence-electron chi connectivity index (χ1n) is 8.36. The zero-order valence-corrected chi connectivity index (χ0v) is 14.9. The predicted octanol–water partition coefficient (Wildman–Crippen LogP) is 3.24. The van der Waals surface area contributed by atoms with Crippen molar-refractivity contribution in [1.29, 1.82) is 0 Å². The summed E-state index contributed by atoms with van der Waals surface area (Å²) in [4.78, 5) is 29.5. The number of hydrogen-bond acceptors (Lipinski definition) is 3. The van der Waals surface area contributed by atoms with Gasteiger partial charge in [0.2, 0.25) is 0 Å². The van der Waals surface area contributed by atoms with Crippen LogP contribution in [-0.4, -0.2) is 45.8 Å². The summed E-state index contributed by atoms with van der Waals surface area (Å²) in [6, 6.07) is 7.65. The molecule has 0 bridgehead atoms. The third-order valence-corrected chi connectivity index (χ3v) is 5.90. The monoisotopic (exact) mass is 345 g/mol. The van der Waals surface area contributed by atoms with Crippen LogP contribution in [0.25, 0.3) is 10.9 Å². The van der Waals surface area contributed by atoms with Crippen molar-refractivity contribution in [2.24, 2.45) is 0 Å². The van der Waals surface area contributed by atoms with Crippen molar-refractivity contribution in [3.63, 3.8) is 0 Å². The van der Waals surface area contributed by atoms with Gasteiger partial charge in [-0.25, -0.2) is 0 Å². The zero-order valence-electron chi connectivity index (χ0n) is 14.0. The second kappa shape index (κ2) is 7.30. The molecule has 0 radical (unpaired) electrons. The summed E-state index contributed by atoms with van der Waals surface area (Å²) >= 11 is 1.94. The number of aromatic amines is 1. The number of hydrogen-bond donors (Lipinski definition) is 2. The van der Waals surface area contributed by atoms with E-state index in [2.05, 4.69) is 17.2 Å². The van der Waals surface area contributed by atoms with Crippen LogP contribution in [0.5, 0.6) is 0 Å². The molecule has 2 amide bonds. The van der Waals surface area contributed by atoms with Crippen molar-refractivity contribution in [3.05, 3.63) is 30.5 Å². The smallest absolute Gasteiger partial charge is 0.313 e. The molecule has 0 spiro atoms. The molecule has 3 rings (SSSR count). The van der Waals surface area contributed by atoms with E-state index in [4.69, 9.17) is 0 Å². The van der Waals surface area contributed by atoms with Gasteiger partial charge in [-0.05, 0) is 43.2 Å². The topological polar surface area (TPSA) is 65.2 Å². The van der Waals surface area contributed by atoms with Crippen LogP contribution < -0.4 is 5.32 Å². The fraction of sp³-hybridized carbons (Fsp3) is 0.444. The van der Waals surface area contributed by atoms with Crippen LogP contribution in [-0.2, 0) is 9.59 Å². The normalized spacial score (nSPS) is 20.2. The SMILES string of the molecule is CCS[C@H]1CC[C@@H](N(C)C(=O)C(=O)Nc2cccc3[nH]ccc23)C1. The number of fused-ring (bicyclic) bond motifs is 1. The fourth-order valence-electron chi connectivity index (χ4n) is 3.35. The standard InChI is InChI=1S/C18H23N3O2S/c1-3-24-13-8-7-12(11-13)21(2)18(23)17(22)20-16-6-4-5-15-14(16)9-10-19-15/h4-6,9-10,12-13,19H,3,7-8,11H2,1-2H3,(H,20,22)/t12-,13+/m1/s1. The molecule has 1 aromatic carbocycles. The van der Waals surface area contributed by atoms with Crippen molar-refractivity contribution in [2.45, 2.75) is 37.5 Å². The molecule has 5 nitrogen and oxygen atoms in total. The van der Waals surface area contributed by atoms with Crippen LogP contribution in [0.15, 0.2) is 30.5 Å². The molecule has 0 saturated heterocycles. The third kappa shape index (κ3) is 3.43. The van der Waals surface area contributed by atoms with E-state index in [0.29, 0.717) is 10.9 Å². The van der Waals surface area contributed by atoms with Gasteiger partial charge in [0.25, 0.3) is 0 Å². The molecule has 1 aromatic heterocycles. The van der Waals surface area contributed by atoms with Gasteiger partial charge in [0.15, 0.2) is 0 Å². The van der Waals surface area contributed by atoms with Crippen LogP contribution in [0.4, 0.5) is 5.69 Å². The van der Waals surface area contributed by atoms with Crippen LogP contribution in [0.2, 0.25) is 0 Å². The number of benzene rings is 1. The average molecular weight is 345 g/mol. The molecule has 0 aliphatic heterocycles. The van der Waals surface area contributed by atoms with Gasteiger partial charge in [-0.15, -0.1) is 0 Å². The number of H-pyrrole nitrogens is 1. The van der Waals surface area contributed by atoms with Crippen LogP contribution >= 0.6 is 11.8 Å². The third-order valence-electron chi connectivity index (χ3n) is 4.66. The number of rotatable bonds is 4. The van der Waals surface area contributed by atoms with Gasteiger partial charge in [-0.3, -0.25) is 9.59 Å². The lowest BCUT2D eigenvalue weighted by Crippen LogP contribution is -2.42. The van der Waals surface area contributed by atoms with E-state index in [0.717, 1.165) is 35.9 Å². The van der Waals surface area contributed by atoms with Crippen LogP contribution in [0, 0.1) is 0 Å². The number of thioether (sulfide) groups is 1. The molecule has 1 heterocycles. The van der Waals surface area contributed by atoms with E-state index in [1.807, 2.05) is 42.2 Å². The van der Waals surface area contributed by atoms with Crippen LogP contribution in [0.3, 0.4) is 0 Å². The highest BCUT2D eigenvalue weighted by atomic mass is 32.2. The number of aromatic nitrogens is 1. The number of likely N-dealkylation sites (N-methyl/N-ethyl adjacent to an activating group) is 1. The molecule has 6 heteroatoms. The van der Waals surface area contributed by atoms with E-state index in [1.54, 1.807) is 11.9 Å². The maximum absolute atomic E-state index is 12.5. The largest absolute Gasteiger partial charge is 0.361 e. The summed E-state index contributed by atoms with van der Waals surface area (Å²) in [5.41, 5.74) is 1.59. The maximum Gasteiger partial charge on any atom is 0.313 e. The second-order valence-corrected chi connectivity index (χ2v) is 7.74. The maximum atomic E-state index is 12.5. The lowest BCUT2D eigenvalue weighted by atomic mass is 10.2. The zero-order chi connectivity index (χ0) is 17.1. The quantitative estimate of drug-likeness (QED) is 0.836. The Labute approximate surface area is 146 Å². The molecule has 2 N–H and O–H groups in total. The van der Waals surface area contributed by atoms with Gasteiger partial charge in [-0.1, -0.05) is 13.0 Å². The Morgan fingerprint density at radius 1 is 1.33 bits per heavy atom. The summed E-state index contributed by atoms with van der Waals surface area (Å²) in [7, 11) is 1.74. The first-order valence-corrected chi connectivity index (χ1v) is 9.41. The minimum Gasteiger partial charge on any atom is -0.361 e. The van der Waals surface area contributed by atoms with Crippen molar-refractivity contribution in [2.75, 3.05) is 18.1 Å². The molecule has 1 fully saturated rings. The second-order valence-electron chi connectivity index (χ2n) is 6.16. The Bertz CT molecular complexity index is 743. The highest BCUT2D eigenvalue weighted by Crippen LogP contribution is 2.32. The van der Waals surface area contributed by atoms with E-state index in [9.17, 15) is 9.59 Å². The van der Waals surface area contributed by atoms with Crippen molar-refractivity contribution < 1.29 is 9.59 Å². The number of carbonyl (C=O) groups excluding carboxylic acids is 2. The molecule has 1 aliphatic rings. The van der Waals surface area contributed by atoms with Crippen molar-refractivity contribution in [3.8, 4) is 0 Å². The number of nitrogens with one attached hydrogen (secondary N) is 2. The van der Waals surface area contributed by atoms with Crippen molar-refractivity contribution >= 4 is 40.2 Å². The Kier molecular flexibility index (Phi) is 5.14. The molecule has 2 atom stereocenters. The van der Waals surface area contributed by atoms with E-state index < -0.39 is 11.8 Å². The Balaban J connectivity index is 1.64. The number of amides is 2. The highest BCUT2D eigenvalue weighted by molar-refractivity contribution is 7.99. The Hall–Kier alpha value is -1.95. The summed E-state index contributed by atoms with van der Waals surface area (Å²) in [5, 5.41) is 4.26. The summed E-state index contributed by atoms with van der Waals surface area (Å²) in [5.74, 6) is 0.0587. The van der Waals surface area contributed by atoms with Gasteiger partial charge < -0.3 is 15.2 Å².